The summed E-state index contributed by atoms with van der Waals surface area (Å²) in [6.45, 7) is 13.0. The largest absolute Gasteiger partial charge is 0.325 e. The summed E-state index contributed by atoms with van der Waals surface area (Å²) < 4.78 is 0. The molecule has 1 heterocycles. The third-order valence-electron chi connectivity index (χ3n) is 2.21. The SMILES string of the molecule is C=NC(=C)Nc1nc(CC)nc(C)c1C. The van der Waals surface area contributed by atoms with E-state index in [4.69, 9.17) is 0 Å². The van der Waals surface area contributed by atoms with Gasteiger partial charge in [-0.2, -0.15) is 0 Å². The van der Waals surface area contributed by atoms with Crippen LogP contribution in [0.4, 0.5) is 5.82 Å². The minimum absolute atomic E-state index is 0.498. The van der Waals surface area contributed by atoms with Gasteiger partial charge in [-0.1, -0.05) is 13.5 Å². The van der Waals surface area contributed by atoms with Gasteiger partial charge in [0.05, 0.1) is 0 Å². The molecule has 0 aliphatic heterocycles. The third-order valence-corrected chi connectivity index (χ3v) is 2.21. The first-order chi connectivity index (χ1) is 7.08. The summed E-state index contributed by atoms with van der Waals surface area (Å²) >= 11 is 0. The lowest BCUT2D eigenvalue weighted by Gasteiger charge is -2.10. The quantitative estimate of drug-likeness (QED) is 0.765. The molecular formula is C11H16N4. The second-order valence-corrected chi connectivity index (χ2v) is 3.28. The molecule has 15 heavy (non-hydrogen) atoms. The van der Waals surface area contributed by atoms with Crippen molar-refractivity contribution in [2.24, 2.45) is 4.99 Å². The van der Waals surface area contributed by atoms with Gasteiger partial charge < -0.3 is 5.32 Å². The maximum absolute atomic E-state index is 4.37. The van der Waals surface area contributed by atoms with Gasteiger partial charge in [-0.25, -0.2) is 15.0 Å². The fourth-order valence-corrected chi connectivity index (χ4v) is 1.14. The predicted octanol–water partition coefficient (Wildman–Crippen LogP) is 2.24. The van der Waals surface area contributed by atoms with Crippen LogP contribution >= 0.6 is 0 Å². The van der Waals surface area contributed by atoms with Crippen molar-refractivity contribution in [1.82, 2.24) is 9.97 Å². The predicted molar refractivity (Wildman–Crippen MR) is 63.2 cm³/mol. The molecule has 0 amide bonds. The van der Waals surface area contributed by atoms with E-state index in [1.165, 1.54) is 0 Å². The molecule has 1 N–H and O–H groups in total. The highest BCUT2D eigenvalue weighted by molar-refractivity contribution is 5.50. The fourth-order valence-electron chi connectivity index (χ4n) is 1.14. The van der Waals surface area contributed by atoms with E-state index in [0.717, 1.165) is 29.3 Å². The second kappa shape index (κ2) is 4.68. The molecule has 0 atom stereocenters. The van der Waals surface area contributed by atoms with Crippen molar-refractivity contribution in [2.75, 3.05) is 5.32 Å². The molecule has 0 unspecified atom stereocenters. The van der Waals surface area contributed by atoms with Crippen molar-refractivity contribution in [1.29, 1.82) is 0 Å². The van der Waals surface area contributed by atoms with Crippen molar-refractivity contribution in [2.45, 2.75) is 27.2 Å². The Bertz CT molecular complexity index is 396. The highest BCUT2D eigenvalue weighted by Crippen LogP contribution is 2.16. The summed E-state index contributed by atoms with van der Waals surface area (Å²) in [5.41, 5.74) is 1.98. The number of nitrogens with one attached hydrogen (secondary N) is 1. The van der Waals surface area contributed by atoms with Crippen LogP contribution in [0.5, 0.6) is 0 Å². The van der Waals surface area contributed by atoms with E-state index in [1.807, 2.05) is 20.8 Å². The van der Waals surface area contributed by atoms with Crippen LogP contribution in [0.1, 0.15) is 24.0 Å². The summed E-state index contributed by atoms with van der Waals surface area (Å²) in [6, 6.07) is 0. The first-order valence-electron chi connectivity index (χ1n) is 4.85. The summed E-state index contributed by atoms with van der Waals surface area (Å²) in [5.74, 6) is 2.08. The molecule has 1 aromatic rings. The van der Waals surface area contributed by atoms with E-state index in [0.29, 0.717) is 5.82 Å². The summed E-state index contributed by atoms with van der Waals surface area (Å²) in [4.78, 5) is 12.4. The van der Waals surface area contributed by atoms with Gasteiger partial charge in [-0.3, -0.25) is 0 Å². The van der Waals surface area contributed by atoms with Crippen molar-refractivity contribution in [3.05, 3.63) is 29.5 Å². The molecule has 0 spiro atoms. The number of hydrogen-bond donors (Lipinski definition) is 1. The Balaban J connectivity index is 3.10. The number of nitrogens with zero attached hydrogens (tertiary/aromatic N) is 3. The number of aliphatic imine (C=N–C) groups is 1. The number of aryl methyl sites for hydroxylation is 2. The van der Waals surface area contributed by atoms with Gasteiger partial charge in [0.1, 0.15) is 17.5 Å². The van der Waals surface area contributed by atoms with E-state index < -0.39 is 0 Å². The van der Waals surface area contributed by atoms with Gasteiger partial charge in [0.2, 0.25) is 0 Å². The fraction of sp³-hybridized carbons (Fsp3) is 0.364. The lowest BCUT2D eigenvalue weighted by molar-refractivity contribution is 0.906. The highest BCUT2D eigenvalue weighted by atomic mass is 15.1. The first-order valence-corrected chi connectivity index (χ1v) is 4.85. The van der Waals surface area contributed by atoms with Gasteiger partial charge in [-0.15, -0.1) is 0 Å². The molecule has 4 heteroatoms. The molecule has 4 nitrogen and oxygen atoms in total. The second-order valence-electron chi connectivity index (χ2n) is 3.28. The lowest BCUT2D eigenvalue weighted by Crippen LogP contribution is -2.06. The number of anilines is 1. The molecule has 0 saturated carbocycles. The Morgan fingerprint density at radius 1 is 1.40 bits per heavy atom. The molecule has 0 aromatic carbocycles. The molecule has 0 bridgehead atoms. The van der Waals surface area contributed by atoms with Crippen molar-refractivity contribution in [3.63, 3.8) is 0 Å². The minimum Gasteiger partial charge on any atom is -0.325 e. The van der Waals surface area contributed by atoms with Gasteiger partial charge in [0.15, 0.2) is 0 Å². The highest BCUT2D eigenvalue weighted by Gasteiger charge is 2.06. The summed E-state index contributed by atoms with van der Waals surface area (Å²) in [6.07, 6.45) is 0.809. The van der Waals surface area contributed by atoms with Crippen molar-refractivity contribution in [3.8, 4) is 0 Å². The number of aromatic nitrogens is 2. The van der Waals surface area contributed by atoms with Crippen LogP contribution < -0.4 is 5.32 Å². The van der Waals surface area contributed by atoms with Crippen molar-refractivity contribution < 1.29 is 0 Å². The lowest BCUT2D eigenvalue weighted by atomic mass is 10.2. The molecule has 0 radical (unpaired) electrons. The van der Waals surface area contributed by atoms with Crippen LogP contribution in [0, 0.1) is 13.8 Å². The number of hydrogen-bond acceptors (Lipinski definition) is 4. The zero-order chi connectivity index (χ0) is 11.4. The van der Waals surface area contributed by atoms with Crippen LogP contribution in [0.2, 0.25) is 0 Å². The molecule has 0 fully saturated rings. The Morgan fingerprint density at radius 2 is 2.07 bits per heavy atom. The van der Waals surface area contributed by atoms with E-state index in [1.54, 1.807) is 0 Å². The zero-order valence-corrected chi connectivity index (χ0v) is 9.46. The molecule has 80 valence electrons. The molecule has 1 aromatic heterocycles. The molecule has 0 aliphatic rings. The van der Waals surface area contributed by atoms with E-state index >= 15 is 0 Å². The Morgan fingerprint density at radius 3 is 2.60 bits per heavy atom. The normalized spacial score (nSPS) is 9.80. The summed E-state index contributed by atoms with van der Waals surface area (Å²) in [5, 5.41) is 3.00. The van der Waals surface area contributed by atoms with Gasteiger partial charge in [0, 0.05) is 17.7 Å². The Kier molecular flexibility index (Phi) is 3.55. The Labute approximate surface area is 90.2 Å². The van der Waals surface area contributed by atoms with Gasteiger partial charge >= 0.3 is 0 Å². The molecule has 0 aliphatic carbocycles. The number of rotatable bonds is 4. The van der Waals surface area contributed by atoms with E-state index in [2.05, 4.69) is 33.6 Å². The van der Waals surface area contributed by atoms with E-state index in [-0.39, 0.29) is 0 Å². The minimum atomic E-state index is 0.498. The van der Waals surface area contributed by atoms with Gasteiger partial charge in [-0.05, 0) is 20.6 Å². The van der Waals surface area contributed by atoms with Crippen LogP contribution in [-0.4, -0.2) is 16.7 Å². The average molecular weight is 204 g/mol. The third kappa shape index (κ3) is 2.62. The molecule has 1 rings (SSSR count). The van der Waals surface area contributed by atoms with E-state index in [9.17, 15) is 0 Å². The first kappa shape index (κ1) is 11.4. The van der Waals surface area contributed by atoms with Gasteiger partial charge in [0.25, 0.3) is 0 Å². The maximum atomic E-state index is 4.37. The zero-order valence-electron chi connectivity index (χ0n) is 9.46. The maximum Gasteiger partial charge on any atom is 0.138 e. The average Bonchev–Trinajstić information content (AvgIpc) is 2.24. The van der Waals surface area contributed by atoms with Crippen LogP contribution in [-0.2, 0) is 6.42 Å². The molecular weight excluding hydrogens is 188 g/mol. The van der Waals surface area contributed by atoms with Crippen molar-refractivity contribution >= 4 is 12.5 Å². The topological polar surface area (TPSA) is 50.2 Å². The Hall–Kier alpha value is -1.71. The standard InChI is InChI=1S/C11H16N4/c1-6-10-13-8(3)7(2)11(15-10)14-9(4)12-5/h4-6H2,1-3H3,(H,13,14,15). The van der Waals surface area contributed by atoms with Crippen LogP contribution in [0.25, 0.3) is 0 Å². The van der Waals surface area contributed by atoms with Crippen LogP contribution in [0.3, 0.4) is 0 Å². The summed E-state index contributed by atoms with van der Waals surface area (Å²) in [7, 11) is 0. The smallest absolute Gasteiger partial charge is 0.138 e. The monoisotopic (exact) mass is 204 g/mol. The van der Waals surface area contributed by atoms with Crippen LogP contribution in [0.15, 0.2) is 17.4 Å². The molecule has 0 saturated heterocycles.